The topological polar surface area (TPSA) is 46.2 Å². The Bertz CT molecular complexity index is 383. The quantitative estimate of drug-likeness (QED) is 0.807. The number of hydrogen-bond donors (Lipinski definition) is 2. The van der Waals surface area contributed by atoms with Gasteiger partial charge in [0.1, 0.15) is 5.82 Å². The normalized spacial score (nSPS) is 25.1. The number of fused-ring (bicyclic) bond motifs is 1. The molecule has 1 aliphatic rings. The number of nitrogens with two attached hydrogens (primary N) is 1. The van der Waals surface area contributed by atoms with E-state index in [2.05, 4.69) is 15.9 Å². The number of rotatable bonds is 1. The van der Waals surface area contributed by atoms with E-state index in [9.17, 15) is 9.50 Å². The molecule has 1 aromatic carbocycles. The smallest absolute Gasteiger partial charge is 0.140 e. The Labute approximate surface area is 90.1 Å². The first-order valence-electron chi connectivity index (χ1n) is 4.45. The molecule has 0 amide bonds. The van der Waals surface area contributed by atoms with E-state index < -0.39 is 5.54 Å². The summed E-state index contributed by atoms with van der Waals surface area (Å²) in [5, 5.41) is 9.17. The second-order valence-corrected chi connectivity index (χ2v) is 4.56. The average Bonchev–Trinajstić information content (AvgIpc) is 2.52. The molecule has 0 saturated carbocycles. The van der Waals surface area contributed by atoms with E-state index in [-0.39, 0.29) is 12.4 Å². The van der Waals surface area contributed by atoms with Gasteiger partial charge < -0.3 is 10.8 Å². The van der Waals surface area contributed by atoms with Crippen LogP contribution in [0.25, 0.3) is 0 Å². The summed E-state index contributed by atoms with van der Waals surface area (Å²) in [4.78, 5) is 0. The van der Waals surface area contributed by atoms with Gasteiger partial charge in [0.15, 0.2) is 0 Å². The molecule has 0 radical (unpaired) electrons. The molecule has 2 rings (SSSR count). The van der Waals surface area contributed by atoms with E-state index in [0.29, 0.717) is 22.9 Å². The van der Waals surface area contributed by atoms with Crippen molar-refractivity contribution in [1.82, 2.24) is 0 Å². The van der Waals surface area contributed by atoms with Gasteiger partial charge in [-0.1, -0.05) is 6.07 Å². The number of aliphatic hydroxyl groups is 1. The van der Waals surface area contributed by atoms with Crippen molar-refractivity contribution in [3.8, 4) is 0 Å². The van der Waals surface area contributed by atoms with Gasteiger partial charge in [0.25, 0.3) is 0 Å². The lowest BCUT2D eigenvalue weighted by Gasteiger charge is -2.22. The second kappa shape index (κ2) is 3.29. The van der Waals surface area contributed by atoms with E-state index in [1.54, 1.807) is 12.1 Å². The molecule has 14 heavy (non-hydrogen) atoms. The van der Waals surface area contributed by atoms with Crippen LogP contribution in [0, 0.1) is 5.82 Å². The Balaban J connectivity index is 2.58. The molecule has 0 fully saturated rings. The van der Waals surface area contributed by atoms with Crippen LogP contribution in [-0.2, 0) is 12.0 Å². The van der Waals surface area contributed by atoms with Gasteiger partial charge in [-0.05, 0) is 46.0 Å². The summed E-state index contributed by atoms with van der Waals surface area (Å²) in [6.45, 7) is -0.138. The molecule has 0 aromatic heterocycles. The van der Waals surface area contributed by atoms with Crippen molar-refractivity contribution < 1.29 is 9.50 Å². The third kappa shape index (κ3) is 1.29. The van der Waals surface area contributed by atoms with Crippen LogP contribution >= 0.6 is 15.9 Å². The van der Waals surface area contributed by atoms with Crippen molar-refractivity contribution in [3.63, 3.8) is 0 Å². The predicted molar refractivity (Wildman–Crippen MR) is 55.4 cm³/mol. The van der Waals surface area contributed by atoms with Gasteiger partial charge in [-0.25, -0.2) is 4.39 Å². The minimum absolute atomic E-state index is 0.138. The molecule has 0 aliphatic heterocycles. The maximum Gasteiger partial charge on any atom is 0.140 e. The Morgan fingerprint density at radius 1 is 1.57 bits per heavy atom. The maximum atomic E-state index is 13.6. The van der Waals surface area contributed by atoms with E-state index in [0.717, 1.165) is 5.56 Å². The summed E-state index contributed by atoms with van der Waals surface area (Å²) in [5.74, 6) is -0.247. The van der Waals surface area contributed by atoms with Crippen LogP contribution in [-0.4, -0.2) is 11.7 Å². The van der Waals surface area contributed by atoms with Crippen LogP contribution in [0.1, 0.15) is 17.5 Å². The zero-order chi connectivity index (χ0) is 10.3. The summed E-state index contributed by atoms with van der Waals surface area (Å²) in [5.41, 5.74) is 6.58. The van der Waals surface area contributed by atoms with E-state index in [4.69, 9.17) is 5.73 Å². The minimum Gasteiger partial charge on any atom is -0.394 e. The van der Waals surface area contributed by atoms with E-state index in [1.807, 2.05) is 0 Å². The summed E-state index contributed by atoms with van der Waals surface area (Å²) in [6.07, 6.45) is 1.20. The molecule has 0 bridgehead atoms. The lowest BCUT2D eigenvalue weighted by molar-refractivity contribution is 0.197. The first-order chi connectivity index (χ1) is 6.58. The molecule has 1 aromatic rings. The molecular formula is C10H11BrFNO. The molecule has 0 spiro atoms. The fourth-order valence-electron chi connectivity index (χ4n) is 1.95. The molecule has 1 aliphatic carbocycles. The van der Waals surface area contributed by atoms with Gasteiger partial charge in [-0.3, -0.25) is 0 Å². The maximum absolute atomic E-state index is 13.6. The Morgan fingerprint density at radius 3 is 2.93 bits per heavy atom. The van der Waals surface area contributed by atoms with E-state index in [1.165, 1.54) is 0 Å². The summed E-state index contributed by atoms with van der Waals surface area (Å²) < 4.78 is 14.1. The van der Waals surface area contributed by atoms with Crippen LogP contribution in [0.2, 0.25) is 0 Å². The van der Waals surface area contributed by atoms with E-state index >= 15 is 0 Å². The first-order valence-corrected chi connectivity index (χ1v) is 5.25. The average molecular weight is 260 g/mol. The number of hydrogen-bond acceptors (Lipinski definition) is 2. The van der Waals surface area contributed by atoms with Crippen molar-refractivity contribution in [2.45, 2.75) is 18.4 Å². The van der Waals surface area contributed by atoms with Gasteiger partial charge in [0.2, 0.25) is 0 Å². The summed E-state index contributed by atoms with van der Waals surface area (Å²) in [6, 6.07) is 3.42. The highest BCUT2D eigenvalue weighted by molar-refractivity contribution is 9.10. The number of aliphatic hydroxyl groups excluding tert-OH is 1. The Kier molecular flexibility index (Phi) is 2.37. The van der Waals surface area contributed by atoms with Crippen LogP contribution in [0.5, 0.6) is 0 Å². The van der Waals surface area contributed by atoms with Crippen molar-refractivity contribution >= 4 is 15.9 Å². The van der Waals surface area contributed by atoms with Crippen molar-refractivity contribution in [2.75, 3.05) is 6.61 Å². The lowest BCUT2D eigenvalue weighted by Crippen LogP contribution is -2.38. The number of halogens is 2. The van der Waals surface area contributed by atoms with Crippen LogP contribution in [0.15, 0.2) is 16.6 Å². The van der Waals surface area contributed by atoms with Crippen LogP contribution < -0.4 is 5.73 Å². The molecule has 2 nitrogen and oxygen atoms in total. The molecule has 3 N–H and O–H groups in total. The predicted octanol–water partition coefficient (Wildman–Crippen LogP) is 1.68. The largest absolute Gasteiger partial charge is 0.394 e. The zero-order valence-electron chi connectivity index (χ0n) is 7.56. The summed E-state index contributed by atoms with van der Waals surface area (Å²) in [7, 11) is 0. The Morgan fingerprint density at radius 2 is 2.29 bits per heavy atom. The Hall–Kier alpha value is -0.450. The van der Waals surface area contributed by atoms with Gasteiger partial charge >= 0.3 is 0 Å². The molecule has 4 heteroatoms. The molecular weight excluding hydrogens is 249 g/mol. The SMILES string of the molecule is N[C@]1(CO)CCc2c1ccc(Br)c2F. The highest BCUT2D eigenvalue weighted by atomic mass is 79.9. The summed E-state index contributed by atoms with van der Waals surface area (Å²) >= 11 is 3.13. The minimum atomic E-state index is -0.753. The molecule has 0 unspecified atom stereocenters. The monoisotopic (exact) mass is 259 g/mol. The third-order valence-electron chi connectivity index (χ3n) is 2.84. The van der Waals surface area contributed by atoms with Crippen LogP contribution in [0.4, 0.5) is 4.39 Å². The molecule has 1 atom stereocenters. The number of benzene rings is 1. The first kappa shape index (κ1) is 10.1. The lowest BCUT2D eigenvalue weighted by atomic mass is 9.94. The molecule has 0 heterocycles. The van der Waals surface area contributed by atoms with Crippen molar-refractivity contribution in [3.05, 3.63) is 33.5 Å². The highest BCUT2D eigenvalue weighted by Gasteiger charge is 2.36. The van der Waals surface area contributed by atoms with Gasteiger partial charge in [0.05, 0.1) is 16.6 Å². The van der Waals surface area contributed by atoms with Crippen LogP contribution in [0.3, 0.4) is 0 Å². The van der Waals surface area contributed by atoms with Crippen molar-refractivity contribution in [2.24, 2.45) is 5.73 Å². The second-order valence-electron chi connectivity index (χ2n) is 3.70. The fraction of sp³-hybridized carbons (Fsp3) is 0.400. The van der Waals surface area contributed by atoms with Gasteiger partial charge in [-0.15, -0.1) is 0 Å². The highest BCUT2D eigenvalue weighted by Crippen LogP contribution is 2.37. The van der Waals surface area contributed by atoms with Gasteiger partial charge in [-0.2, -0.15) is 0 Å². The molecule has 76 valence electrons. The third-order valence-corrected chi connectivity index (χ3v) is 3.45. The van der Waals surface area contributed by atoms with Crippen molar-refractivity contribution in [1.29, 1.82) is 0 Å². The molecule has 0 saturated heterocycles. The van der Waals surface area contributed by atoms with Gasteiger partial charge in [0, 0.05) is 0 Å². The zero-order valence-corrected chi connectivity index (χ0v) is 9.14. The fourth-order valence-corrected chi connectivity index (χ4v) is 2.32. The standard InChI is InChI=1S/C10H11BrFNO/c11-8-2-1-7-6(9(8)12)3-4-10(7,13)5-14/h1-2,14H,3-5,13H2/t10-/m0/s1.